The zero-order valence-corrected chi connectivity index (χ0v) is 13.7. The smallest absolute Gasteiger partial charge is 0.118 e. The standard InChI is InChI=1S/C17H25N3O2/c1-17(2,3)15(21)11-18-9-13-10-19-20-16(13)12-5-7-14(22-4)8-6-12/h5-8,10,15,18,21H,9,11H2,1-4H3,(H,19,20). The molecule has 0 aliphatic rings. The minimum absolute atomic E-state index is 0.123. The largest absolute Gasteiger partial charge is 0.497 e. The summed E-state index contributed by atoms with van der Waals surface area (Å²) in [6.45, 7) is 7.29. The molecule has 2 rings (SSSR count). The first kappa shape index (κ1) is 16.5. The van der Waals surface area contributed by atoms with Gasteiger partial charge in [0, 0.05) is 24.2 Å². The molecule has 0 saturated heterocycles. The van der Waals surface area contributed by atoms with Gasteiger partial charge in [-0.25, -0.2) is 0 Å². The predicted molar refractivity (Wildman–Crippen MR) is 87.7 cm³/mol. The molecule has 1 atom stereocenters. The van der Waals surface area contributed by atoms with Crippen LogP contribution in [0.3, 0.4) is 0 Å². The summed E-state index contributed by atoms with van der Waals surface area (Å²) in [5, 5.41) is 20.5. The van der Waals surface area contributed by atoms with E-state index in [0.29, 0.717) is 13.1 Å². The van der Waals surface area contributed by atoms with Crippen LogP contribution >= 0.6 is 0 Å². The van der Waals surface area contributed by atoms with Crippen LogP contribution in [-0.4, -0.2) is 35.1 Å². The van der Waals surface area contributed by atoms with Crippen LogP contribution in [0.5, 0.6) is 5.75 Å². The maximum absolute atomic E-state index is 10.1. The third kappa shape index (κ3) is 4.08. The number of aliphatic hydroxyl groups excluding tert-OH is 1. The van der Waals surface area contributed by atoms with Crippen molar-refractivity contribution in [2.45, 2.75) is 33.4 Å². The summed E-state index contributed by atoms with van der Waals surface area (Å²) in [6.07, 6.45) is 1.43. The van der Waals surface area contributed by atoms with Gasteiger partial charge < -0.3 is 15.2 Å². The highest BCUT2D eigenvalue weighted by Crippen LogP contribution is 2.24. The topological polar surface area (TPSA) is 70.2 Å². The number of hydrogen-bond donors (Lipinski definition) is 3. The van der Waals surface area contributed by atoms with E-state index in [0.717, 1.165) is 22.6 Å². The van der Waals surface area contributed by atoms with Gasteiger partial charge in [0.25, 0.3) is 0 Å². The Morgan fingerprint density at radius 3 is 2.55 bits per heavy atom. The van der Waals surface area contributed by atoms with Crippen molar-refractivity contribution in [3.05, 3.63) is 36.0 Å². The summed E-state index contributed by atoms with van der Waals surface area (Å²) in [5.41, 5.74) is 3.00. The van der Waals surface area contributed by atoms with E-state index in [1.165, 1.54) is 0 Å². The van der Waals surface area contributed by atoms with Crippen molar-refractivity contribution in [2.24, 2.45) is 5.41 Å². The first-order valence-corrected chi connectivity index (χ1v) is 7.47. The van der Waals surface area contributed by atoms with Crippen LogP contribution in [-0.2, 0) is 6.54 Å². The van der Waals surface area contributed by atoms with Gasteiger partial charge in [-0.2, -0.15) is 5.10 Å². The van der Waals surface area contributed by atoms with Crippen molar-refractivity contribution in [2.75, 3.05) is 13.7 Å². The molecule has 0 bridgehead atoms. The molecule has 0 radical (unpaired) electrons. The second-order valence-corrected chi connectivity index (χ2v) is 6.51. The number of hydrogen-bond acceptors (Lipinski definition) is 4. The van der Waals surface area contributed by atoms with Crippen LogP contribution < -0.4 is 10.1 Å². The molecule has 1 unspecified atom stereocenters. The van der Waals surface area contributed by atoms with Gasteiger partial charge in [-0.1, -0.05) is 20.8 Å². The Bertz CT molecular complexity index is 585. The van der Waals surface area contributed by atoms with Gasteiger partial charge in [0.15, 0.2) is 0 Å². The summed E-state index contributed by atoms with van der Waals surface area (Å²) >= 11 is 0. The van der Waals surface area contributed by atoms with Crippen LogP contribution in [0.1, 0.15) is 26.3 Å². The van der Waals surface area contributed by atoms with Gasteiger partial charge in [0.1, 0.15) is 5.75 Å². The summed E-state index contributed by atoms with van der Waals surface area (Å²) in [4.78, 5) is 0. The second kappa shape index (κ2) is 6.94. The van der Waals surface area contributed by atoms with Gasteiger partial charge in [-0.05, 0) is 29.7 Å². The number of ether oxygens (including phenoxy) is 1. The minimum atomic E-state index is -0.385. The fourth-order valence-electron chi connectivity index (χ4n) is 2.10. The molecule has 3 N–H and O–H groups in total. The fraction of sp³-hybridized carbons (Fsp3) is 0.471. The Labute approximate surface area is 131 Å². The number of aromatic nitrogens is 2. The lowest BCUT2D eigenvalue weighted by Crippen LogP contribution is -2.36. The van der Waals surface area contributed by atoms with E-state index in [-0.39, 0.29) is 11.5 Å². The van der Waals surface area contributed by atoms with Crippen LogP contribution in [0.4, 0.5) is 0 Å². The van der Waals surface area contributed by atoms with Crippen LogP contribution in [0.25, 0.3) is 11.3 Å². The monoisotopic (exact) mass is 303 g/mol. The molecule has 0 aliphatic heterocycles. The molecular formula is C17H25N3O2. The third-order valence-corrected chi connectivity index (χ3v) is 3.75. The number of methoxy groups -OCH3 is 1. The Morgan fingerprint density at radius 2 is 1.95 bits per heavy atom. The molecule has 0 amide bonds. The van der Waals surface area contributed by atoms with E-state index in [4.69, 9.17) is 4.74 Å². The lowest BCUT2D eigenvalue weighted by molar-refractivity contribution is 0.0628. The number of benzene rings is 1. The number of nitrogens with one attached hydrogen (secondary N) is 2. The number of H-pyrrole nitrogens is 1. The molecule has 1 aromatic carbocycles. The van der Waals surface area contributed by atoms with E-state index in [9.17, 15) is 5.11 Å². The van der Waals surface area contributed by atoms with Crippen LogP contribution in [0.2, 0.25) is 0 Å². The zero-order valence-electron chi connectivity index (χ0n) is 13.7. The average Bonchev–Trinajstić information content (AvgIpc) is 2.94. The Balaban J connectivity index is 2.00. The van der Waals surface area contributed by atoms with Crippen LogP contribution in [0, 0.1) is 5.41 Å². The maximum atomic E-state index is 10.1. The number of aromatic amines is 1. The summed E-state index contributed by atoms with van der Waals surface area (Å²) in [6, 6.07) is 7.85. The van der Waals surface area contributed by atoms with Gasteiger partial charge >= 0.3 is 0 Å². The summed E-state index contributed by atoms with van der Waals surface area (Å²) in [5.74, 6) is 0.830. The van der Waals surface area contributed by atoms with Crippen molar-refractivity contribution in [1.29, 1.82) is 0 Å². The van der Waals surface area contributed by atoms with Gasteiger partial charge in [0.05, 0.1) is 25.1 Å². The highest BCUT2D eigenvalue weighted by molar-refractivity contribution is 5.63. The Hall–Kier alpha value is -1.85. The van der Waals surface area contributed by atoms with Crippen molar-refractivity contribution in [3.8, 4) is 17.0 Å². The van der Waals surface area contributed by atoms with Gasteiger partial charge in [-0.15, -0.1) is 0 Å². The molecule has 5 heteroatoms. The van der Waals surface area contributed by atoms with E-state index in [1.807, 2.05) is 51.2 Å². The average molecular weight is 303 g/mol. The van der Waals surface area contributed by atoms with Crippen molar-refractivity contribution < 1.29 is 9.84 Å². The molecule has 2 aromatic rings. The third-order valence-electron chi connectivity index (χ3n) is 3.75. The van der Waals surface area contributed by atoms with Gasteiger partial charge in [-0.3, -0.25) is 5.10 Å². The summed E-state index contributed by atoms with van der Waals surface area (Å²) < 4.78 is 5.17. The minimum Gasteiger partial charge on any atom is -0.497 e. The molecule has 5 nitrogen and oxygen atoms in total. The molecule has 0 aliphatic carbocycles. The Morgan fingerprint density at radius 1 is 1.27 bits per heavy atom. The lowest BCUT2D eigenvalue weighted by Gasteiger charge is -2.26. The summed E-state index contributed by atoms with van der Waals surface area (Å²) in [7, 11) is 1.65. The molecule has 0 fully saturated rings. The van der Waals surface area contributed by atoms with Gasteiger partial charge in [0.2, 0.25) is 0 Å². The molecule has 0 saturated carbocycles. The molecule has 120 valence electrons. The number of aliphatic hydroxyl groups is 1. The Kier molecular flexibility index (Phi) is 5.21. The SMILES string of the molecule is COc1ccc(-c2[nH]ncc2CNCC(O)C(C)(C)C)cc1. The molecule has 1 heterocycles. The van der Waals surface area contributed by atoms with E-state index in [1.54, 1.807) is 7.11 Å². The molecular weight excluding hydrogens is 278 g/mol. The van der Waals surface area contributed by atoms with E-state index < -0.39 is 0 Å². The number of rotatable bonds is 6. The fourth-order valence-corrected chi connectivity index (χ4v) is 2.10. The number of nitrogens with zero attached hydrogens (tertiary/aromatic N) is 1. The van der Waals surface area contributed by atoms with Crippen molar-refractivity contribution in [3.63, 3.8) is 0 Å². The first-order chi connectivity index (χ1) is 10.4. The highest BCUT2D eigenvalue weighted by Gasteiger charge is 2.21. The highest BCUT2D eigenvalue weighted by atomic mass is 16.5. The lowest BCUT2D eigenvalue weighted by atomic mass is 9.89. The van der Waals surface area contributed by atoms with Crippen LogP contribution in [0.15, 0.2) is 30.5 Å². The normalized spacial score (nSPS) is 13.1. The predicted octanol–water partition coefficient (Wildman–Crippen LogP) is 2.58. The first-order valence-electron chi connectivity index (χ1n) is 7.47. The zero-order chi connectivity index (χ0) is 16.2. The molecule has 22 heavy (non-hydrogen) atoms. The van der Waals surface area contributed by atoms with Crippen molar-refractivity contribution in [1.82, 2.24) is 15.5 Å². The van der Waals surface area contributed by atoms with E-state index in [2.05, 4.69) is 15.5 Å². The van der Waals surface area contributed by atoms with Crippen molar-refractivity contribution >= 4 is 0 Å². The quantitative estimate of drug-likeness (QED) is 0.767. The maximum Gasteiger partial charge on any atom is 0.118 e. The second-order valence-electron chi connectivity index (χ2n) is 6.51. The molecule has 0 spiro atoms. The molecule has 1 aromatic heterocycles. The van der Waals surface area contributed by atoms with E-state index >= 15 is 0 Å².